The summed E-state index contributed by atoms with van der Waals surface area (Å²) in [6, 6.07) is 8.22. The van der Waals surface area contributed by atoms with Crippen LogP contribution < -0.4 is 16.9 Å². The largest absolute Gasteiger partial charge is 0.422 e. The van der Waals surface area contributed by atoms with Gasteiger partial charge in [-0.1, -0.05) is 15.9 Å². The van der Waals surface area contributed by atoms with Crippen molar-refractivity contribution in [3.63, 3.8) is 0 Å². The fourth-order valence-electron chi connectivity index (χ4n) is 2.37. The van der Waals surface area contributed by atoms with Gasteiger partial charge in [0, 0.05) is 9.86 Å². The Balaban J connectivity index is 2.02. The molecule has 24 heavy (non-hydrogen) atoms. The van der Waals surface area contributed by atoms with Crippen LogP contribution in [0.1, 0.15) is 0 Å². The van der Waals surface area contributed by atoms with Crippen LogP contribution in [0, 0.1) is 0 Å². The van der Waals surface area contributed by atoms with Gasteiger partial charge in [0.05, 0.1) is 10.9 Å². The third-order valence-corrected chi connectivity index (χ3v) is 3.96. The molecular formula is C15H7BrN4O4. The van der Waals surface area contributed by atoms with Crippen LogP contribution in [-0.2, 0) is 0 Å². The Morgan fingerprint density at radius 3 is 2.67 bits per heavy atom. The Morgan fingerprint density at radius 2 is 1.83 bits per heavy atom. The monoisotopic (exact) mass is 386 g/mol. The molecule has 0 fully saturated rings. The summed E-state index contributed by atoms with van der Waals surface area (Å²) in [4.78, 5) is 39.8. The van der Waals surface area contributed by atoms with E-state index in [0.717, 1.165) is 4.47 Å². The predicted octanol–water partition coefficient (Wildman–Crippen LogP) is 1.54. The van der Waals surface area contributed by atoms with Crippen LogP contribution in [0.4, 0.5) is 0 Å². The molecule has 1 aromatic carbocycles. The number of nitrogens with one attached hydrogen (secondary N) is 2. The van der Waals surface area contributed by atoms with E-state index < -0.39 is 16.9 Å². The van der Waals surface area contributed by atoms with Crippen molar-refractivity contribution in [2.24, 2.45) is 0 Å². The zero-order valence-electron chi connectivity index (χ0n) is 11.8. The Morgan fingerprint density at radius 1 is 1.00 bits per heavy atom. The summed E-state index contributed by atoms with van der Waals surface area (Å²) in [7, 11) is 0. The van der Waals surface area contributed by atoms with Crippen molar-refractivity contribution in [1.29, 1.82) is 0 Å². The number of fused-ring (bicyclic) bond motifs is 2. The Kier molecular flexibility index (Phi) is 3.17. The number of hydrogen-bond donors (Lipinski definition) is 2. The molecule has 0 aliphatic carbocycles. The molecule has 0 atom stereocenters. The number of aromatic nitrogens is 4. The molecular weight excluding hydrogens is 380 g/mol. The highest BCUT2D eigenvalue weighted by molar-refractivity contribution is 9.10. The summed E-state index contributed by atoms with van der Waals surface area (Å²) in [5, 5.41) is 8.52. The molecule has 0 spiro atoms. The van der Waals surface area contributed by atoms with Gasteiger partial charge >= 0.3 is 11.3 Å². The lowest BCUT2D eigenvalue weighted by atomic mass is 10.1. The summed E-state index contributed by atoms with van der Waals surface area (Å²) >= 11 is 3.35. The molecule has 3 heterocycles. The Labute approximate surface area is 140 Å². The van der Waals surface area contributed by atoms with Gasteiger partial charge in [-0.2, -0.15) is 0 Å². The molecule has 3 aromatic heterocycles. The second-order valence-electron chi connectivity index (χ2n) is 5.03. The van der Waals surface area contributed by atoms with E-state index in [4.69, 9.17) is 4.42 Å². The van der Waals surface area contributed by atoms with Crippen molar-refractivity contribution < 1.29 is 4.42 Å². The summed E-state index contributed by atoms with van der Waals surface area (Å²) in [6.45, 7) is 0. The average Bonchev–Trinajstić information content (AvgIpc) is 2.54. The van der Waals surface area contributed by atoms with Crippen LogP contribution in [0.2, 0.25) is 0 Å². The van der Waals surface area contributed by atoms with E-state index in [1.54, 1.807) is 24.3 Å². The van der Waals surface area contributed by atoms with E-state index in [9.17, 15) is 14.4 Å². The normalized spacial score (nSPS) is 11.2. The molecule has 4 rings (SSSR count). The third kappa shape index (κ3) is 2.35. The molecule has 9 heteroatoms. The van der Waals surface area contributed by atoms with Crippen LogP contribution in [0.5, 0.6) is 0 Å². The van der Waals surface area contributed by atoms with Gasteiger partial charge in [0.15, 0.2) is 5.65 Å². The topological polar surface area (TPSA) is 122 Å². The molecule has 0 saturated heterocycles. The van der Waals surface area contributed by atoms with Crippen molar-refractivity contribution >= 4 is 37.9 Å². The molecule has 8 nitrogen and oxygen atoms in total. The lowest BCUT2D eigenvalue weighted by Crippen LogP contribution is -2.22. The number of hydrogen-bond acceptors (Lipinski definition) is 6. The van der Waals surface area contributed by atoms with Gasteiger partial charge in [-0.15, -0.1) is 10.2 Å². The molecule has 0 radical (unpaired) electrons. The van der Waals surface area contributed by atoms with E-state index in [1.807, 2.05) is 0 Å². The smallest absolute Gasteiger partial charge is 0.345 e. The minimum absolute atomic E-state index is 0.0421. The van der Waals surface area contributed by atoms with Gasteiger partial charge in [-0.05, 0) is 30.3 Å². The van der Waals surface area contributed by atoms with Crippen LogP contribution >= 0.6 is 15.9 Å². The highest BCUT2D eigenvalue weighted by Crippen LogP contribution is 2.23. The lowest BCUT2D eigenvalue weighted by molar-refractivity contribution is 0.563. The maximum absolute atomic E-state index is 12.2. The first-order valence-corrected chi connectivity index (χ1v) is 7.54. The number of benzene rings is 1. The van der Waals surface area contributed by atoms with Crippen molar-refractivity contribution in [3.05, 3.63) is 66.1 Å². The minimum atomic E-state index is -0.676. The zero-order chi connectivity index (χ0) is 16.8. The molecule has 0 amide bonds. The number of rotatable bonds is 1. The second kappa shape index (κ2) is 5.24. The van der Waals surface area contributed by atoms with Gasteiger partial charge in [0.25, 0.3) is 5.56 Å². The van der Waals surface area contributed by atoms with Crippen LogP contribution in [0.3, 0.4) is 0 Å². The molecule has 4 aromatic rings. The molecule has 118 valence electrons. The SMILES string of the molecule is O=c1[nH]c(=O)c2cc(-c3cc4cc(Br)ccc4oc3=O)nnc2[nH]1. The highest BCUT2D eigenvalue weighted by atomic mass is 79.9. The van der Waals surface area contributed by atoms with Crippen molar-refractivity contribution in [2.45, 2.75) is 0 Å². The first-order chi connectivity index (χ1) is 11.5. The van der Waals surface area contributed by atoms with Crippen molar-refractivity contribution in [3.8, 4) is 11.3 Å². The first kappa shape index (κ1) is 14.5. The summed E-state index contributed by atoms with van der Waals surface area (Å²) in [5.41, 5.74) is -1.07. The minimum Gasteiger partial charge on any atom is -0.422 e. The number of aromatic amines is 2. The fourth-order valence-corrected chi connectivity index (χ4v) is 2.75. The van der Waals surface area contributed by atoms with Gasteiger partial charge in [-0.25, -0.2) is 9.59 Å². The fraction of sp³-hybridized carbons (Fsp3) is 0. The predicted molar refractivity (Wildman–Crippen MR) is 90.0 cm³/mol. The van der Waals surface area contributed by atoms with E-state index in [1.165, 1.54) is 6.07 Å². The van der Waals surface area contributed by atoms with E-state index >= 15 is 0 Å². The van der Waals surface area contributed by atoms with Crippen LogP contribution in [-0.4, -0.2) is 20.2 Å². The van der Waals surface area contributed by atoms with Crippen LogP contribution in [0.25, 0.3) is 33.3 Å². The lowest BCUT2D eigenvalue weighted by Gasteiger charge is -2.03. The van der Waals surface area contributed by atoms with Crippen molar-refractivity contribution in [1.82, 2.24) is 20.2 Å². The Bertz CT molecular complexity index is 1290. The van der Waals surface area contributed by atoms with E-state index in [0.29, 0.717) is 11.0 Å². The van der Waals surface area contributed by atoms with E-state index in [-0.39, 0.29) is 22.3 Å². The number of halogens is 1. The number of H-pyrrole nitrogens is 2. The maximum atomic E-state index is 12.2. The molecule has 0 aliphatic heterocycles. The first-order valence-electron chi connectivity index (χ1n) is 6.75. The van der Waals surface area contributed by atoms with Gasteiger partial charge in [0.2, 0.25) is 0 Å². The highest BCUT2D eigenvalue weighted by Gasteiger charge is 2.12. The summed E-state index contributed by atoms with van der Waals surface area (Å²) in [5.74, 6) is 0. The molecule has 2 N–H and O–H groups in total. The average molecular weight is 387 g/mol. The maximum Gasteiger partial charge on any atom is 0.345 e. The van der Waals surface area contributed by atoms with Crippen molar-refractivity contribution in [2.75, 3.05) is 0 Å². The standard InChI is InChI=1S/C15H7BrN4O4/c16-7-1-2-11-6(3-7)4-8(14(22)24-11)10-5-9-12(20-19-10)17-15(23)18-13(9)21/h1-5H,(H2,17,18,20,21,23). The third-order valence-electron chi connectivity index (χ3n) is 3.47. The zero-order valence-corrected chi connectivity index (χ0v) is 13.4. The molecule has 0 aliphatic rings. The molecule has 0 saturated carbocycles. The molecule has 0 unspecified atom stereocenters. The number of nitrogens with zero attached hydrogens (tertiary/aromatic N) is 2. The summed E-state index contributed by atoms with van der Waals surface area (Å²) < 4.78 is 6.10. The molecule has 0 bridgehead atoms. The van der Waals surface area contributed by atoms with Gasteiger partial charge < -0.3 is 4.42 Å². The van der Waals surface area contributed by atoms with Gasteiger partial charge in [0.1, 0.15) is 11.3 Å². The van der Waals surface area contributed by atoms with E-state index in [2.05, 4.69) is 36.1 Å². The summed E-state index contributed by atoms with van der Waals surface area (Å²) in [6.07, 6.45) is 0. The quantitative estimate of drug-likeness (QED) is 0.478. The van der Waals surface area contributed by atoms with Crippen LogP contribution in [0.15, 0.2) is 53.6 Å². The Hall–Kier alpha value is -3.07. The second-order valence-corrected chi connectivity index (χ2v) is 5.95. The van der Waals surface area contributed by atoms with Gasteiger partial charge in [-0.3, -0.25) is 14.8 Å².